The van der Waals surface area contributed by atoms with Crippen molar-refractivity contribution in [3.8, 4) is 0 Å². The minimum atomic E-state index is -1.71. The first-order valence-electron chi connectivity index (χ1n) is 9.01. The minimum Gasteiger partial charge on any atom is -0.383 e. The van der Waals surface area contributed by atoms with E-state index in [4.69, 9.17) is 15.4 Å². The molecule has 3 nitrogen and oxygen atoms in total. The summed E-state index contributed by atoms with van der Waals surface area (Å²) in [6.45, 7) is 20.8. The van der Waals surface area contributed by atoms with E-state index in [1.165, 1.54) is 10.9 Å². The highest BCUT2D eigenvalue weighted by Crippen LogP contribution is 2.38. The first kappa shape index (κ1) is 19.9. The highest BCUT2D eigenvalue weighted by Gasteiger charge is 2.37. The van der Waals surface area contributed by atoms with Crippen molar-refractivity contribution >= 4 is 33.6 Å². The number of amidine groups is 1. The van der Waals surface area contributed by atoms with E-state index in [-0.39, 0.29) is 5.41 Å². The molecule has 136 valence electrons. The molecule has 0 saturated heterocycles. The van der Waals surface area contributed by atoms with Gasteiger partial charge in [0.1, 0.15) is 5.84 Å². The molecular formula is C20H33N3Si2. The first-order chi connectivity index (χ1) is 11.2. The van der Waals surface area contributed by atoms with Crippen molar-refractivity contribution in [2.75, 3.05) is 0 Å². The Hall–Kier alpha value is -1.47. The van der Waals surface area contributed by atoms with Gasteiger partial charge in [0.15, 0.2) is 8.24 Å². The average Bonchev–Trinajstić information content (AvgIpc) is 2.72. The van der Waals surface area contributed by atoms with Crippen molar-refractivity contribution in [1.29, 1.82) is 0 Å². The molecule has 5 heteroatoms. The zero-order chi connectivity index (χ0) is 19.2. The Bertz CT molecular complexity index is 767. The Balaban J connectivity index is 2.90. The van der Waals surface area contributed by atoms with Gasteiger partial charge in [-0.05, 0) is 24.8 Å². The van der Waals surface area contributed by atoms with Gasteiger partial charge in [0.05, 0.1) is 13.8 Å². The molecule has 1 heterocycles. The highest BCUT2D eigenvalue weighted by atomic mass is 28.3. The summed E-state index contributed by atoms with van der Waals surface area (Å²) in [5, 5.41) is 1.36. The van der Waals surface area contributed by atoms with E-state index in [1.807, 2.05) is 6.07 Å². The topological polar surface area (TPSA) is 50.7 Å². The van der Waals surface area contributed by atoms with Crippen LogP contribution in [0.5, 0.6) is 0 Å². The van der Waals surface area contributed by atoms with Crippen LogP contribution in [0.3, 0.4) is 0 Å². The second-order valence-electron chi connectivity index (χ2n) is 9.90. The normalized spacial score (nSPS) is 18.1. The second-order valence-corrected chi connectivity index (χ2v) is 19.5. The van der Waals surface area contributed by atoms with E-state index in [0.717, 1.165) is 16.8 Å². The van der Waals surface area contributed by atoms with Crippen molar-refractivity contribution in [3.63, 3.8) is 0 Å². The lowest BCUT2D eigenvalue weighted by Crippen LogP contribution is -2.39. The maximum Gasteiger partial charge on any atom is 0.172 e. The largest absolute Gasteiger partial charge is 0.383 e. The average molecular weight is 372 g/mol. The number of nitrogens with two attached hydrogens (primary N) is 1. The van der Waals surface area contributed by atoms with Crippen LogP contribution in [0.1, 0.15) is 31.9 Å². The molecule has 0 unspecified atom stereocenters. The van der Waals surface area contributed by atoms with Gasteiger partial charge in [0, 0.05) is 22.3 Å². The molecule has 0 spiro atoms. The fourth-order valence-corrected chi connectivity index (χ4v) is 6.37. The summed E-state index contributed by atoms with van der Waals surface area (Å²) in [7, 11) is -3.35. The van der Waals surface area contributed by atoms with Crippen LogP contribution in [0.15, 0.2) is 39.1 Å². The van der Waals surface area contributed by atoms with Gasteiger partial charge in [-0.3, -0.25) is 0 Å². The minimum absolute atomic E-state index is 0.0231. The fraction of sp³-hybridized carbons (Fsp3) is 0.500. The molecule has 0 atom stereocenters. The summed E-state index contributed by atoms with van der Waals surface area (Å²) < 4.78 is 5.31. The number of benzene rings is 1. The van der Waals surface area contributed by atoms with E-state index in [0.29, 0.717) is 5.84 Å². The molecule has 0 radical (unpaired) electrons. The molecule has 1 aliphatic rings. The summed E-state index contributed by atoms with van der Waals surface area (Å²) in [4.78, 5) is 4.83. The predicted molar refractivity (Wildman–Crippen MR) is 118 cm³/mol. The molecule has 1 aliphatic heterocycles. The van der Waals surface area contributed by atoms with Gasteiger partial charge in [-0.15, -0.1) is 0 Å². The number of hydrogen-bond donors (Lipinski definition) is 1. The molecule has 0 saturated carbocycles. The van der Waals surface area contributed by atoms with Gasteiger partial charge in [0.25, 0.3) is 0 Å². The van der Waals surface area contributed by atoms with Crippen LogP contribution in [0, 0.1) is 5.41 Å². The summed E-state index contributed by atoms with van der Waals surface area (Å²) in [5.41, 5.74) is 10.7. The third-order valence-electron chi connectivity index (χ3n) is 4.07. The van der Waals surface area contributed by atoms with Gasteiger partial charge < -0.3 is 10.4 Å². The molecule has 0 amide bonds. The van der Waals surface area contributed by atoms with E-state index < -0.39 is 16.3 Å². The number of allylic oxidation sites excluding steroid dienone is 1. The highest BCUT2D eigenvalue weighted by molar-refractivity contribution is 6.89. The number of rotatable bonds is 3. The van der Waals surface area contributed by atoms with Crippen LogP contribution in [-0.2, 0) is 0 Å². The van der Waals surface area contributed by atoms with Crippen LogP contribution in [0.25, 0.3) is 5.70 Å². The lowest BCUT2D eigenvalue weighted by Gasteiger charge is -2.34. The molecule has 0 aromatic heterocycles. The van der Waals surface area contributed by atoms with Crippen LogP contribution < -0.4 is 5.73 Å². The molecule has 2 rings (SSSR count). The smallest absolute Gasteiger partial charge is 0.172 e. The van der Waals surface area contributed by atoms with Gasteiger partial charge in [-0.2, -0.15) is 0 Å². The molecule has 0 aliphatic carbocycles. The summed E-state index contributed by atoms with van der Waals surface area (Å²) in [6, 6.07) is 8.30. The Morgan fingerprint density at radius 2 is 1.48 bits per heavy atom. The van der Waals surface area contributed by atoms with Gasteiger partial charge in [0.2, 0.25) is 0 Å². The van der Waals surface area contributed by atoms with Crippen LogP contribution in [-0.4, -0.2) is 27.9 Å². The van der Waals surface area contributed by atoms with Crippen LogP contribution in [0.2, 0.25) is 39.3 Å². The third kappa shape index (κ3) is 4.39. The Labute approximate surface area is 155 Å². The number of aliphatic imine (C=N–C) groups is 1. The molecule has 25 heavy (non-hydrogen) atoms. The number of fused-ring (bicyclic) bond motifs is 1. The van der Waals surface area contributed by atoms with Crippen molar-refractivity contribution in [2.45, 2.75) is 60.1 Å². The van der Waals surface area contributed by atoms with Gasteiger partial charge >= 0.3 is 0 Å². The lowest BCUT2D eigenvalue weighted by atomic mass is 9.88. The maximum atomic E-state index is 6.25. The summed E-state index contributed by atoms with van der Waals surface area (Å²) in [6.07, 6.45) is 0. The van der Waals surface area contributed by atoms with E-state index >= 15 is 0 Å². The first-order valence-corrected chi connectivity index (χ1v) is 16.0. The van der Waals surface area contributed by atoms with Gasteiger partial charge in [-0.1, -0.05) is 64.7 Å². The van der Waals surface area contributed by atoms with E-state index in [1.54, 1.807) is 0 Å². The molecule has 1 aromatic rings. The van der Waals surface area contributed by atoms with E-state index in [2.05, 4.69) is 78.3 Å². The Morgan fingerprint density at radius 3 is 1.92 bits per heavy atom. The van der Waals surface area contributed by atoms with Crippen molar-refractivity contribution in [1.82, 2.24) is 0 Å². The Kier molecular flexibility index (Phi) is 5.05. The monoisotopic (exact) mass is 371 g/mol. The zero-order valence-corrected chi connectivity index (χ0v) is 19.3. The molecule has 0 bridgehead atoms. The van der Waals surface area contributed by atoms with Crippen molar-refractivity contribution in [2.24, 2.45) is 20.8 Å². The Morgan fingerprint density at radius 1 is 0.960 bits per heavy atom. The van der Waals surface area contributed by atoms with Crippen LogP contribution >= 0.6 is 0 Å². The summed E-state index contributed by atoms with van der Waals surface area (Å²) in [5.74, 6) is 0.627. The van der Waals surface area contributed by atoms with Crippen molar-refractivity contribution < 1.29 is 0 Å². The molecular weight excluding hydrogens is 338 g/mol. The molecule has 2 N–H and O–H groups in total. The van der Waals surface area contributed by atoms with Crippen molar-refractivity contribution in [3.05, 3.63) is 40.6 Å². The maximum absolute atomic E-state index is 6.25. The van der Waals surface area contributed by atoms with Crippen LogP contribution in [0.4, 0.5) is 0 Å². The SMILES string of the molecule is CC(C)(C)C(=N\[Si](C)(C)C)/C(=C1\N=C(N)c2ccccc21)[Si](C)(C)C. The predicted octanol–water partition coefficient (Wildman–Crippen LogP) is 5.32. The second kappa shape index (κ2) is 6.36. The van der Waals surface area contributed by atoms with Gasteiger partial charge in [-0.25, -0.2) is 4.99 Å². The third-order valence-corrected chi connectivity index (χ3v) is 6.94. The lowest BCUT2D eigenvalue weighted by molar-refractivity contribution is 0.593. The molecule has 0 fully saturated rings. The molecule has 1 aromatic carbocycles. The summed E-state index contributed by atoms with van der Waals surface area (Å²) >= 11 is 0. The quantitative estimate of drug-likeness (QED) is 0.567. The fourth-order valence-electron chi connectivity index (χ4n) is 3.10. The zero-order valence-electron chi connectivity index (χ0n) is 17.3. The number of hydrogen-bond acceptors (Lipinski definition) is 3. The standard InChI is InChI=1S/C20H33N3Si2/c1-20(2,3)18(23-25(7,8)9)17(24(4,5)6)16-14-12-10-11-13-15(14)19(21)22-16/h10-13H,1-9H3,(H2,21,22)/b17-16+,23-18-. The number of nitrogens with zero attached hydrogens (tertiary/aromatic N) is 2. The van der Waals surface area contributed by atoms with E-state index in [9.17, 15) is 0 Å².